The average Bonchev–Trinajstić information content (AvgIpc) is 2.71. The maximum absolute atomic E-state index is 12.1. The minimum Gasteiger partial charge on any atom is -0.480 e. The number of likely N-dealkylation sites (tertiary alicyclic amines) is 1. The first-order valence-corrected chi connectivity index (χ1v) is 5.84. The Hall–Kier alpha value is -1.59. The summed E-state index contributed by atoms with van der Waals surface area (Å²) in [7, 11) is 0. The lowest BCUT2D eigenvalue weighted by Crippen LogP contribution is -2.40. The van der Waals surface area contributed by atoms with Crippen LogP contribution in [0.2, 0.25) is 5.02 Å². The van der Waals surface area contributed by atoms with Crippen LogP contribution < -0.4 is 0 Å². The van der Waals surface area contributed by atoms with Crippen molar-refractivity contribution in [3.8, 4) is 0 Å². The topological polar surface area (TPSA) is 77.8 Å². The summed E-state index contributed by atoms with van der Waals surface area (Å²) in [5, 5.41) is 19.0. The molecule has 0 aliphatic carbocycles. The van der Waals surface area contributed by atoms with Gasteiger partial charge >= 0.3 is 5.97 Å². The number of carboxylic acid groups (broad SMARTS) is 1. The number of halogens is 1. The molecular formula is C12H12ClNO4. The lowest BCUT2D eigenvalue weighted by molar-refractivity contribution is -0.141. The highest BCUT2D eigenvalue weighted by atomic mass is 35.5. The molecule has 2 unspecified atom stereocenters. The SMILES string of the molecule is O=C(O)C1CC(O)CN1C(=O)c1ccc(Cl)cc1. The molecule has 1 amide bonds. The molecular weight excluding hydrogens is 258 g/mol. The largest absolute Gasteiger partial charge is 0.480 e. The number of carbonyl (C=O) groups is 2. The lowest BCUT2D eigenvalue weighted by atomic mass is 10.1. The first-order valence-electron chi connectivity index (χ1n) is 5.46. The van der Waals surface area contributed by atoms with Gasteiger partial charge in [0.1, 0.15) is 6.04 Å². The van der Waals surface area contributed by atoms with Crippen molar-refractivity contribution in [3.05, 3.63) is 34.9 Å². The first kappa shape index (κ1) is 12.9. The van der Waals surface area contributed by atoms with Gasteiger partial charge in [-0.1, -0.05) is 11.6 Å². The molecule has 1 saturated heterocycles. The number of rotatable bonds is 2. The van der Waals surface area contributed by atoms with Crippen LogP contribution in [0.5, 0.6) is 0 Å². The van der Waals surface area contributed by atoms with Crippen LogP contribution in [0.3, 0.4) is 0 Å². The number of carbonyl (C=O) groups excluding carboxylic acids is 1. The minimum atomic E-state index is -1.10. The van der Waals surface area contributed by atoms with Gasteiger partial charge in [-0.25, -0.2) is 4.79 Å². The molecule has 0 radical (unpaired) electrons. The second kappa shape index (κ2) is 4.96. The Kier molecular flexibility index (Phi) is 3.54. The third kappa shape index (κ3) is 2.47. The fourth-order valence-corrected chi connectivity index (χ4v) is 2.16. The molecule has 5 nitrogen and oxygen atoms in total. The average molecular weight is 270 g/mol. The Labute approximate surface area is 109 Å². The molecule has 96 valence electrons. The van der Waals surface area contributed by atoms with E-state index in [9.17, 15) is 14.7 Å². The molecule has 1 heterocycles. The van der Waals surface area contributed by atoms with Crippen LogP contribution in [-0.2, 0) is 4.79 Å². The summed E-state index contributed by atoms with van der Waals surface area (Å²) in [6.45, 7) is 0.0401. The number of amides is 1. The molecule has 2 rings (SSSR count). The number of hydrogen-bond donors (Lipinski definition) is 2. The third-order valence-corrected chi connectivity index (χ3v) is 3.17. The number of aliphatic carboxylic acids is 1. The monoisotopic (exact) mass is 269 g/mol. The third-order valence-electron chi connectivity index (χ3n) is 2.92. The normalized spacial score (nSPS) is 23.1. The molecule has 2 N–H and O–H groups in total. The fourth-order valence-electron chi connectivity index (χ4n) is 2.03. The highest BCUT2D eigenvalue weighted by molar-refractivity contribution is 6.30. The van der Waals surface area contributed by atoms with E-state index in [4.69, 9.17) is 16.7 Å². The summed E-state index contributed by atoms with van der Waals surface area (Å²) in [6.07, 6.45) is -0.725. The van der Waals surface area contributed by atoms with E-state index in [1.165, 1.54) is 17.0 Å². The predicted molar refractivity (Wildman–Crippen MR) is 64.5 cm³/mol. The summed E-state index contributed by atoms with van der Waals surface area (Å²) < 4.78 is 0. The zero-order valence-corrected chi connectivity index (χ0v) is 10.2. The van der Waals surface area contributed by atoms with Gasteiger partial charge in [-0.05, 0) is 24.3 Å². The van der Waals surface area contributed by atoms with Gasteiger partial charge in [0, 0.05) is 23.6 Å². The number of aliphatic hydroxyl groups is 1. The second-order valence-corrected chi connectivity index (χ2v) is 4.64. The van der Waals surface area contributed by atoms with Gasteiger partial charge in [0.15, 0.2) is 0 Å². The summed E-state index contributed by atoms with van der Waals surface area (Å²) in [5.74, 6) is -1.51. The van der Waals surface area contributed by atoms with E-state index in [1.807, 2.05) is 0 Å². The highest BCUT2D eigenvalue weighted by Crippen LogP contribution is 2.21. The Morgan fingerprint density at radius 2 is 1.89 bits per heavy atom. The molecule has 0 saturated carbocycles. The molecule has 1 fully saturated rings. The summed E-state index contributed by atoms with van der Waals surface area (Å²) in [4.78, 5) is 24.3. The van der Waals surface area contributed by atoms with Gasteiger partial charge in [-0.3, -0.25) is 4.79 Å². The van der Waals surface area contributed by atoms with Crippen LogP contribution in [0.4, 0.5) is 0 Å². The Bertz CT molecular complexity index is 473. The molecule has 6 heteroatoms. The summed E-state index contributed by atoms with van der Waals surface area (Å²) >= 11 is 5.72. The van der Waals surface area contributed by atoms with E-state index in [0.29, 0.717) is 10.6 Å². The van der Waals surface area contributed by atoms with E-state index in [-0.39, 0.29) is 13.0 Å². The molecule has 18 heavy (non-hydrogen) atoms. The maximum Gasteiger partial charge on any atom is 0.326 e. The number of nitrogens with zero attached hydrogens (tertiary/aromatic N) is 1. The van der Waals surface area contributed by atoms with Crippen LogP contribution in [-0.4, -0.2) is 45.7 Å². The van der Waals surface area contributed by atoms with Gasteiger partial charge in [-0.2, -0.15) is 0 Å². The molecule has 1 aromatic carbocycles. The van der Waals surface area contributed by atoms with Crippen molar-refractivity contribution in [2.24, 2.45) is 0 Å². The smallest absolute Gasteiger partial charge is 0.326 e. The Morgan fingerprint density at radius 1 is 1.28 bits per heavy atom. The predicted octanol–water partition coefficient (Wildman–Crippen LogP) is 1.00. The van der Waals surface area contributed by atoms with Crippen molar-refractivity contribution < 1.29 is 19.8 Å². The molecule has 2 atom stereocenters. The molecule has 1 aliphatic rings. The van der Waals surface area contributed by atoms with Crippen LogP contribution in [0.15, 0.2) is 24.3 Å². The van der Waals surface area contributed by atoms with Gasteiger partial charge in [-0.15, -0.1) is 0 Å². The zero-order valence-electron chi connectivity index (χ0n) is 9.41. The van der Waals surface area contributed by atoms with E-state index in [0.717, 1.165) is 0 Å². The number of hydrogen-bond acceptors (Lipinski definition) is 3. The maximum atomic E-state index is 12.1. The van der Waals surface area contributed by atoms with Gasteiger partial charge in [0.25, 0.3) is 5.91 Å². The second-order valence-electron chi connectivity index (χ2n) is 4.21. The summed E-state index contributed by atoms with van der Waals surface area (Å²) in [5.41, 5.74) is 0.361. The van der Waals surface area contributed by atoms with Crippen LogP contribution in [0.1, 0.15) is 16.8 Å². The number of carboxylic acids is 1. The number of aliphatic hydroxyl groups excluding tert-OH is 1. The summed E-state index contributed by atoms with van der Waals surface area (Å²) in [6, 6.07) is 5.24. The van der Waals surface area contributed by atoms with Crippen molar-refractivity contribution in [2.45, 2.75) is 18.6 Å². The first-order chi connectivity index (χ1) is 8.49. The Balaban J connectivity index is 2.22. The fraction of sp³-hybridized carbons (Fsp3) is 0.333. The molecule has 0 spiro atoms. The van der Waals surface area contributed by atoms with Crippen LogP contribution in [0, 0.1) is 0 Å². The van der Waals surface area contributed by atoms with Crippen LogP contribution >= 0.6 is 11.6 Å². The van der Waals surface area contributed by atoms with Crippen molar-refractivity contribution in [2.75, 3.05) is 6.54 Å². The molecule has 1 aromatic rings. The lowest BCUT2D eigenvalue weighted by Gasteiger charge is -2.21. The van der Waals surface area contributed by atoms with Crippen molar-refractivity contribution in [1.29, 1.82) is 0 Å². The highest BCUT2D eigenvalue weighted by Gasteiger charge is 2.39. The van der Waals surface area contributed by atoms with Gasteiger partial charge in [0.2, 0.25) is 0 Å². The van der Waals surface area contributed by atoms with Crippen molar-refractivity contribution in [3.63, 3.8) is 0 Å². The van der Waals surface area contributed by atoms with Crippen molar-refractivity contribution >= 4 is 23.5 Å². The van der Waals surface area contributed by atoms with Gasteiger partial charge in [0.05, 0.1) is 6.10 Å². The minimum absolute atomic E-state index is 0.0401. The van der Waals surface area contributed by atoms with Gasteiger partial charge < -0.3 is 15.1 Å². The molecule has 0 bridgehead atoms. The van der Waals surface area contributed by atoms with Crippen LogP contribution in [0.25, 0.3) is 0 Å². The van der Waals surface area contributed by atoms with Crippen molar-refractivity contribution in [1.82, 2.24) is 4.90 Å². The van der Waals surface area contributed by atoms with E-state index >= 15 is 0 Å². The van der Waals surface area contributed by atoms with E-state index in [1.54, 1.807) is 12.1 Å². The Morgan fingerprint density at radius 3 is 2.44 bits per heavy atom. The zero-order chi connectivity index (χ0) is 13.3. The number of benzene rings is 1. The molecule has 1 aliphatic heterocycles. The number of β-amino-alcohol motifs (C(OH)–C–C–N with tert-alkyl or cyclic N) is 1. The molecule has 0 aromatic heterocycles. The quantitative estimate of drug-likeness (QED) is 0.840. The van der Waals surface area contributed by atoms with E-state index < -0.39 is 24.0 Å². The standard InChI is InChI=1S/C12H12ClNO4/c13-8-3-1-7(2-4-8)11(16)14-6-9(15)5-10(14)12(17)18/h1-4,9-10,15H,5-6H2,(H,17,18). The van der Waals surface area contributed by atoms with E-state index in [2.05, 4.69) is 0 Å².